The largest absolute Gasteiger partial charge is 0.481 e. The second kappa shape index (κ2) is 11.5. The maximum atomic E-state index is 13.3. The van der Waals surface area contributed by atoms with Crippen LogP contribution in [0.1, 0.15) is 50.5 Å². The van der Waals surface area contributed by atoms with Gasteiger partial charge in [0.2, 0.25) is 11.8 Å². The molecule has 1 saturated heterocycles. The molecule has 1 atom stereocenters. The third-order valence-electron chi connectivity index (χ3n) is 5.81. The third kappa shape index (κ3) is 6.52. The summed E-state index contributed by atoms with van der Waals surface area (Å²) in [6.07, 6.45) is 2.93. The van der Waals surface area contributed by atoms with Gasteiger partial charge in [0.1, 0.15) is 6.04 Å². The Morgan fingerprint density at radius 3 is 2.23 bits per heavy atom. The summed E-state index contributed by atoms with van der Waals surface area (Å²) in [6.45, 7) is 1.34. The SMILES string of the molecule is NCCCCCC(=O)N1CCC(C(=O)N[C@@H](CC(=O)O)C(=O)O)(c2ccccc2)CC1. The lowest BCUT2D eigenvalue weighted by molar-refractivity contribution is -0.148. The van der Waals surface area contributed by atoms with Crippen LogP contribution in [0.15, 0.2) is 30.3 Å². The zero-order chi connectivity index (χ0) is 22.9. The van der Waals surface area contributed by atoms with Gasteiger partial charge in [-0.1, -0.05) is 36.8 Å². The van der Waals surface area contributed by atoms with Crippen molar-refractivity contribution in [2.75, 3.05) is 19.6 Å². The molecule has 0 aromatic heterocycles. The Hall–Kier alpha value is -2.94. The van der Waals surface area contributed by atoms with Crippen LogP contribution in [0.2, 0.25) is 0 Å². The van der Waals surface area contributed by atoms with Crippen LogP contribution >= 0.6 is 0 Å². The highest BCUT2D eigenvalue weighted by Crippen LogP contribution is 2.36. The standard InChI is InChI=1S/C22H31N3O6/c23-12-6-2-5-9-18(26)25-13-10-22(11-14-25,16-7-3-1-4-8-16)21(31)24-17(20(29)30)15-19(27)28/h1,3-4,7-8,17H,2,5-6,9-15,23H2,(H,24,31)(H,27,28)(H,29,30)/t17-/m0/s1. The van der Waals surface area contributed by atoms with Crippen molar-refractivity contribution in [3.63, 3.8) is 0 Å². The van der Waals surface area contributed by atoms with Gasteiger partial charge < -0.3 is 26.2 Å². The van der Waals surface area contributed by atoms with E-state index in [0.29, 0.717) is 38.9 Å². The second-order valence-corrected chi connectivity index (χ2v) is 7.89. The normalized spacial score (nSPS) is 16.4. The number of carbonyl (C=O) groups is 4. The number of nitrogens with one attached hydrogen (secondary N) is 1. The fourth-order valence-corrected chi connectivity index (χ4v) is 3.97. The maximum absolute atomic E-state index is 13.3. The molecule has 31 heavy (non-hydrogen) atoms. The van der Waals surface area contributed by atoms with Crippen molar-refractivity contribution in [1.29, 1.82) is 0 Å². The van der Waals surface area contributed by atoms with Gasteiger partial charge >= 0.3 is 11.9 Å². The number of aliphatic carboxylic acids is 2. The summed E-state index contributed by atoms with van der Waals surface area (Å²) >= 11 is 0. The number of rotatable bonds is 11. The van der Waals surface area contributed by atoms with Crippen molar-refractivity contribution in [2.24, 2.45) is 5.73 Å². The summed E-state index contributed by atoms with van der Waals surface area (Å²) in [7, 11) is 0. The summed E-state index contributed by atoms with van der Waals surface area (Å²) in [4.78, 5) is 50.0. The van der Waals surface area contributed by atoms with E-state index in [0.717, 1.165) is 24.8 Å². The van der Waals surface area contributed by atoms with E-state index in [2.05, 4.69) is 5.32 Å². The molecule has 1 aliphatic heterocycles. The fourth-order valence-electron chi connectivity index (χ4n) is 3.97. The number of piperidine rings is 1. The molecule has 9 nitrogen and oxygen atoms in total. The van der Waals surface area contributed by atoms with Crippen molar-refractivity contribution in [3.8, 4) is 0 Å². The molecule has 0 radical (unpaired) electrons. The lowest BCUT2D eigenvalue weighted by atomic mass is 9.71. The van der Waals surface area contributed by atoms with Crippen LogP contribution < -0.4 is 11.1 Å². The van der Waals surface area contributed by atoms with Gasteiger partial charge in [0.15, 0.2) is 0 Å². The molecule has 0 spiro atoms. The highest BCUT2D eigenvalue weighted by atomic mass is 16.4. The minimum atomic E-state index is -1.52. The van der Waals surface area contributed by atoms with Crippen LogP contribution in [-0.4, -0.2) is 64.5 Å². The molecule has 0 bridgehead atoms. The van der Waals surface area contributed by atoms with Gasteiger partial charge in [-0.25, -0.2) is 4.79 Å². The molecule has 2 rings (SSSR count). The van der Waals surface area contributed by atoms with Gasteiger partial charge in [0, 0.05) is 19.5 Å². The topological polar surface area (TPSA) is 150 Å². The van der Waals surface area contributed by atoms with Crippen LogP contribution in [0.25, 0.3) is 0 Å². The Bertz CT molecular complexity index is 775. The zero-order valence-corrected chi connectivity index (χ0v) is 17.6. The molecule has 0 unspecified atom stereocenters. The van der Waals surface area contributed by atoms with Crippen molar-refractivity contribution in [3.05, 3.63) is 35.9 Å². The number of nitrogens with two attached hydrogens (primary N) is 1. The Morgan fingerprint density at radius 2 is 1.68 bits per heavy atom. The lowest BCUT2D eigenvalue weighted by Gasteiger charge is -2.41. The van der Waals surface area contributed by atoms with Crippen LogP contribution in [0.5, 0.6) is 0 Å². The summed E-state index contributed by atoms with van der Waals surface area (Å²) < 4.78 is 0. The Balaban J connectivity index is 2.14. The highest BCUT2D eigenvalue weighted by Gasteiger charge is 2.44. The zero-order valence-electron chi connectivity index (χ0n) is 17.6. The van der Waals surface area contributed by atoms with Gasteiger partial charge in [-0.15, -0.1) is 0 Å². The van der Waals surface area contributed by atoms with Crippen molar-refractivity contribution < 1.29 is 29.4 Å². The number of carbonyl (C=O) groups excluding carboxylic acids is 2. The van der Waals surface area contributed by atoms with Gasteiger partial charge in [-0.05, 0) is 37.8 Å². The molecule has 1 aromatic carbocycles. The Labute approximate surface area is 181 Å². The first kappa shape index (κ1) is 24.3. The predicted octanol–water partition coefficient (Wildman–Crippen LogP) is 1.11. The number of hydrogen-bond donors (Lipinski definition) is 4. The molecule has 1 aromatic rings. The van der Waals surface area contributed by atoms with E-state index in [1.54, 1.807) is 29.2 Å². The molecule has 0 saturated carbocycles. The molecule has 0 aliphatic carbocycles. The van der Waals surface area contributed by atoms with E-state index in [4.69, 9.17) is 10.8 Å². The van der Waals surface area contributed by atoms with Crippen molar-refractivity contribution in [1.82, 2.24) is 10.2 Å². The minimum Gasteiger partial charge on any atom is -0.481 e. The number of carboxylic acid groups (broad SMARTS) is 2. The summed E-state index contributed by atoms with van der Waals surface area (Å²) in [5, 5.41) is 20.7. The smallest absolute Gasteiger partial charge is 0.326 e. The predicted molar refractivity (Wildman–Crippen MR) is 113 cm³/mol. The average molecular weight is 434 g/mol. The number of hydrogen-bond acceptors (Lipinski definition) is 5. The van der Waals surface area contributed by atoms with Crippen LogP contribution in [0, 0.1) is 0 Å². The van der Waals surface area contributed by atoms with Crippen LogP contribution in [0.3, 0.4) is 0 Å². The van der Waals surface area contributed by atoms with Gasteiger partial charge in [0.25, 0.3) is 0 Å². The van der Waals surface area contributed by atoms with Gasteiger partial charge in [0.05, 0.1) is 11.8 Å². The summed E-state index contributed by atoms with van der Waals surface area (Å²) in [5.74, 6) is -3.20. The van der Waals surface area contributed by atoms with Crippen LogP contribution in [0.4, 0.5) is 0 Å². The summed E-state index contributed by atoms with van der Waals surface area (Å²) in [5.41, 5.74) is 5.18. The first-order chi connectivity index (χ1) is 14.8. The van der Waals surface area contributed by atoms with E-state index in [-0.39, 0.29) is 5.91 Å². The van der Waals surface area contributed by atoms with E-state index in [1.165, 1.54) is 0 Å². The monoisotopic (exact) mass is 433 g/mol. The minimum absolute atomic E-state index is 0.0355. The molecule has 170 valence electrons. The molecule has 1 fully saturated rings. The molecule has 2 amide bonds. The third-order valence-corrected chi connectivity index (χ3v) is 5.81. The molecule has 1 heterocycles. The van der Waals surface area contributed by atoms with Gasteiger partial charge in [-0.2, -0.15) is 0 Å². The first-order valence-corrected chi connectivity index (χ1v) is 10.6. The number of amides is 2. The second-order valence-electron chi connectivity index (χ2n) is 7.89. The number of carboxylic acids is 2. The summed E-state index contributed by atoms with van der Waals surface area (Å²) in [6, 6.07) is 7.50. The number of nitrogens with zero attached hydrogens (tertiary/aromatic N) is 1. The molecular weight excluding hydrogens is 402 g/mol. The van der Waals surface area contributed by atoms with E-state index in [9.17, 15) is 24.3 Å². The molecule has 5 N–H and O–H groups in total. The Morgan fingerprint density at radius 1 is 1.03 bits per heavy atom. The number of likely N-dealkylation sites (tertiary alicyclic amines) is 1. The van der Waals surface area contributed by atoms with E-state index < -0.39 is 35.7 Å². The fraction of sp³-hybridized carbons (Fsp3) is 0.545. The molecule has 9 heteroatoms. The number of benzene rings is 1. The van der Waals surface area contributed by atoms with E-state index in [1.807, 2.05) is 6.07 Å². The van der Waals surface area contributed by atoms with Crippen molar-refractivity contribution in [2.45, 2.75) is 56.4 Å². The molecule has 1 aliphatic rings. The van der Waals surface area contributed by atoms with E-state index >= 15 is 0 Å². The average Bonchev–Trinajstić information content (AvgIpc) is 2.76. The maximum Gasteiger partial charge on any atom is 0.326 e. The lowest BCUT2D eigenvalue weighted by Crippen LogP contribution is -2.56. The quantitative estimate of drug-likeness (QED) is 0.382. The Kier molecular flexibility index (Phi) is 8.99. The van der Waals surface area contributed by atoms with Gasteiger partial charge in [-0.3, -0.25) is 14.4 Å². The first-order valence-electron chi connectivity index (χ1n) is 10.6. The van der Waals surface area contributed by atoms with Crippen molar-refractivity contribution >= 4 is 23.8 Å². The highest BCUT2D eigenvalue weighted by molar-refractivity contribution is 5.93. The molecular formula is C22H31N3O6. The number of unbranched alkanes of at least 4 members (excludes halogenated alkanes) is 2. The van der Waals surface area contributed by atoms with Crippen LogP contribution in [-0.2, 0) is 24.6 Å².